The van der Waals surface area contributed by atoms with Gasteiger partial charge in [0.15, 0.2) is 0 Å². The molecule has 0 radical (unpaired) electrons. The van der Waals surface area contributed by atoms with Gasteiger partial charge >= 0.3 is 6.03 Å². The van der Waals surface area contributed by atoms with E-state index < -0.39 is 23.8 Å². The zero-order valence-corrected chi connectivity index (χ0v) is 17.5. The number of urea groups is 1. The van der Waals surface area contributed by atoms with Crippen LogP contribution in [0.1, 0.15) is 16.1 Å². The monoisotopic (exact) mass is 451 g/mol. The number of carbonyl (C=O) groups is 4. The summed E-state index contributed by atoms with van der Waals surface area (Å²) in [6, 6.07) is 20.7. The highest BCUT2D eigenvalue weighted by Gasteiger charge is 2.37. The van der Waals surface area contributed by atoms with Gasteiger partial charge in [-0.3, -0.25) is 14.9 Å². The van der Waals surface area contributed by atoms with E-state index >= 15 is 0 Å². The molecule has 4 amide bonds. The molecule has 0 unspecified atom stereocenters. The minimum Gasteiger partial charge on any atom is -0.545 e. The minimum absolute atomic E-state index is 0.0599. The van der Waals surface area contributed by atoms with E-state index in [0.717, 1.165) is 10.3 Å². The Morgan fingerprint density at radius 3 is 2.44 bits per heavy atom. The summed E-state index contributed by atoms with van der Waals surface area (Å²) in [5.74, 6) is -2.68. The second-order valence-corrected chi connectivity index (χ2v) is 7.49. The van der Waals surface area contributed by atoms with Gasteiger partial charge in [0.25, 0.3) is 11.8 Å². The maximum absolute atomic E-state index is 13.3. The van der Waals surface area contributed by atoms with Crippen LogP contribution in [-0.2, 0) is 9.59 Å². The van der Waals surface area contributed by atoms with Crippen molar-refractivity contribution in [3.8, 4) is 11.3 Å². The van der Waals surface area contributed by atoms with Gasteiger partial charge in [0.05, 0.1) is 11.7 Å². The Labute approximate surface area is 192 Å². The molecule has 1 N–H and O–H groups in total. The number of hydrogen-bond acceptors (Lipinski definition) is 6. The highest BCUT2D eigenvalue weighted by molar-refractivity contribution is 6.40. The molecule has 166 valence electrons. The molecule has 5 rings (SSSR count). The number of rotatable bonds is 4. The van der Waals surface area contributed by atoms with E-state index in [1.807, 2.05) is 18.2 Å². The number of barbiturate groups is 1. The molecule has 0 bridgehead atoms. The van der Waals surface area contributed by atoms with Crippen LogP contribution in [0.2, 0.25) is 0 Å². The molecule has 0 saturated carbocycles. The SMILES string of the molecule is O=C1NC(=O)N(c2cccc3ccccc23)C(=O)/C1=C/c1ccc(-c2ccccc2C(=O)[O-])o1. The van der Waals surface area contributed by atoms with Crippen LogP contribution in [0.3, 0.4) is 0 Å². The number of nitrogens with zero attached hydrogens (tertiary/aromatic N) is 1. The summed E-state index contributed by atoms with van der Waals surface area (Å²) in [4.78, 5) is 50.7. The summed E-state index contributed by atoms with van der Waals surface area (Å²) in [7, 11) is 0. The van der Waals surface area contributed by atoms with Crippen LogP contribution in [0.5, 0.6) is 0 Å². The molecule has 1 saturated heterocycles. The fourth-order valence-corrected chi connectivity index (χ4v) is 3.87. The molecule has 0 atom stereocenters. The summed E-state index contributed by atoms with van der Waals surface area (Å²) < 4.78 is 5.69. The van der Waals surface area contributed by atoms with Gasteiger partial charge in [-0.15, -0.1) is 0 Å². The lowest BCUT2D eigenvalue weighted by atomic mass is 10.1. The molecule has 0 spiro atoms. The minimum atomic E-state index is -1.36. The highest BCUT2D eigenvalue weighted by atomic mass is 16.4. The Hall–Kier alpha value is -4.98. The number of imide groups is 2. The Morgan fingerprint density at radius 1 is 0.882 bits per heavy atom. The van der Waals surface area contributed by atoms with Crippen LogP contribution in [0.4, 0.5) is 10.5 Å². The molecule has 4 aromatic rings. The molecule has 1 aromatic heterocycles. The summed E-state index contributed by atoms with van der Waals surface area (Å²) in [5, 5.41) is 15.1. The molecule has 1 aliphatic heterocycles. The van der Waals surface area contributed by atoms with Gasteiger partial charge in [-0.2, -0.15) is 0 Å². The Morgan fingerprint density at radius 2 is 1.62 bits per heavy atom. The number of anilines is 1. The van der Waals surface area contributed by atoms with E-state index in [1.54, 1.807) is 42.5 Å². The number of carbonyl (C=O) groups excluding carboxylic acids is 4. The first-order chi connectivity index (χ1) is 16.4. The lowest BCUT2D eigenvalue weighted by Gasteiger charge is -2.27. The van der Waals surface area contributed by atoms with Crippen molar-refractivity contribution in [2.45, 2.75) is 0 Å². The van der Waals surface area contributed by atoms with E-state index in [4.69, 9.17) is 4.42 Å². The van der Waals surface area contributed by atoms with Crippen molar-refractivity contribution < 1.29 is 28.7 Å². The number of fused-ring (bicyclic) bond motifs is 1. The normalized spacial score (nSPS) is 15.1. The number of amides is 4. The molecule has 2 heterocycles. The van der Waals surface area contributed by atoms with E-state index in [-0.39, 0.29) is 22.7 Å². The Balaban J connectivity index is 1.54. The summed E-state index contributed by atoms with van der Waals surface area (Å²) in [6.07, 6.45) is 1.22. The molecule has 1 aliphatic rings. The van der Waals surface area contributed by atoms with Crippen molar-refractivity contribution in [3.05, 3.63) is 95.8 Å². The van der Waals surface area contributed by atoms with Crippen molar-refractivity contribution in [2.24, 2.45) is 0 Å². The third kappa shape index (κ3) is 3.53. The number of aromatic carboxylic acids is 1. The first kappa shape index (κ1) is 20.9. The predicted octanol–water partition coefficient (Wildman–Crippen LogP) is 3.13. The second kappa shape index (κ2) is 8.18. The smallest absolute Gasteiger partial charge is 0.335 e. The fourth-order valence-electron chi connectivity index (χ4n) is 3.87. The van der Waals surface area contributed by atoms with Crippen molar-refractivity contribution in [1.29, 1.82) is 0 Å². The quantitative estimate of drug-likeness (QED) is 0.376. The van der Waals surface area contributed by atoms with Gasteiger partial charge in [-0.1, -0.05) is 60.7 Å². The zero-order valence-electron chi connectivity index (χ0n) is 17.5. The third-order valence-electron chi connectivity index (χ3n) is 5.44. The summed E-state index contributed by atoms with van der Waals surface area (Å²) >= 11 is 0. The van der Waals surface area contributed by atoms with Crippen LogP contribution < -0.4 is 15.3 Å². The average molecular weight is 451 g/mol. The lowest BCUT2D eigenvalue weighted by Crippen LogP contribution is -2.54. The number of carboxylic acids is 1. The van der Waals surface area contributed by atoms with Gasteiger partial charge in [0.1, 0.15) is 17.1 Å². The largest absolute Gasteiger partial charge is 0.545 e. The van der Waals surface area contributed by atoms with E-state index in [1.165, 1.54) is 24.3 Å². The molecular weight excluding hydrogens is 436 g/mol. The topological polar surface area (TPSA) is 120 Å². The third-order valence-corrected chi connectivity index (χ3v) is 5.44. The molecule has 8 heteroatoms. The van der Waals surface area contributed by atoms with Crippen molar-refractivity contribution >= 4 is 46.4 Å². The van der Waals surface area contributed by atoms with Crippen LogP contribution >= 0.6 is 0 Å². The molecule has 0 aliphatic carbocycles. The first-order valence-corrected chi connectivity index (χ1v) is 10.2. The van der Waals surface area contributed by atoms with Crippen LogP contribution in [-0.4, -0.2) is 23.8 Å². The van der Waals surface area contributed by atoms with Gasteiger partial charge in [-0.05, 0) is 29.7 Å². The highest BCUT2D eigenvalue weighted by Crippen LogP contribution is 2.31. The van der Waals surface area contributed by atoms with Crippen LogP contribution in [0.25, 0.3) is 28.2 Å². The number of hydrogen-bond donors (Lipinski definition) is 1. The zero-order chi connectivity index (χ0) is 23.8. The van der Waals surface area contributed by atoms with Crippen LogP contribution in [0, 0.1) is 0 Å². The number of nitrogens with one attached hydrogen (secondary N) is 1. The van der Waals surface area contributed by atoms with E-state index in [9.17, 15) is 24.3 Å². The first-order valence-electron chi connectivity index (χ1n) is 10.2. The maximum atomic E-state index is 13.3. The van der Waals surface area contributed by atoms with Crippen molar-refractivity contribution in [3.63, 3.8) is 0 Å². The van der Waals surface area contributed by atoms with Crippen LogP contribution in [0.15, 0.2) is 88.9 Å². The van der Waals surface area contributed by atoms with E-state index in [2.05, 4.69) is 5.32 Å². The number of furan rings is 1. The standard InChI is InChI=1S/C26H16N2O6/c29-23-20(14-16-12-13-22(34-16)18-9-3-4-10-19(18)25(31)32)24(30)28(26(33)27-23)21-11-5-7-15-6-1-2-8-17(15)21/h1-14H,(H,31,32)(H,27,29,33)/p-1/b20-14+. The number of carboxylic acid groups (broad SMARTS) is 1. The second-order valence-electron chi connectivity index (χ2n) is 7.49. The fraction of sp³-hybridized carbons (Fsp3) is 0. The molecule has 34 heavy (non-hydrogen) atoms. The average Bonchev–Trinajstić information content (AvgIpc) is 3.30. The van der Waals surface area contributed by atoms with Crippen molar-refractivity contribution in [2.75, 3.05) is 4.90 Å². The van der Waals surface area contributed by atoms with E-state index in [0.29, 0.717) is 16.6 Å². The lowest BCUT2D eigenvalue weighted by molar-refractivity contribution is -0.255. The Bertz CT molecular complexity index is 1530. The number of benzene rings is 3. The molecule has 3 aromatic carbocycles. The van der Waals surface area contributed by atoms with Gasteiger partial charge < -0.3 is 14.3 Å². The van der Waals surface area contributed by atoms with Gasteiger partial charge in [0, 0.05) is 16.5 Å². The summed E-state index contributed by atoms with van der Waals surface area (Å²) in [6.45, 7) is 0. The molecule has 8 nitrogen and oxygen atoms in total. The van der Waals surface area contributed by atoms with Gasteiger partial charge in [0.2, 0.25) is 0 Å². The summed E-state index contributed by atoms with van der Waals surface area (Å²) in [5.41, 5.74) is 0.262. The molecule has 1 fully saturated rings. The Kier molecular flexibility index (Phi) is 5.03. The van der Waals surface area contributed by atoms with Gasteiger partial charge in [-0.25, -0.2) is 9.69 Å². The maximum Gasteiger partial charge on any atom is 0.335 e. The van der Waals surface area contributed by atoms with Crippen molar-refractivity contribution in [1.82, 2.24) is 5.32 Å². The molecular formula is C26H15N2O6-. The predicted molar refractivity (Wildman–Crippen MR) is 121 cm³/mol.